The third-order valence-corrected chi connectivity index (χ3v) is 4.32. The van der Waals surface area contributed by atoms with E-state index in [1.54, 1.807) is 6.92 Å². The molecule has 1 heterocycles. The van der Waals surface area contributed by atoms with Crippen molar-refractivity contribution in [2.45, 2.75) is 26.3 Å². The molecule has 0 saturated heterocycles. The fourth-order valence-electron chi connectivity index (χ4n) is 2.93. The molecule has 2 aromatic carbocycles. The Kier molecular flexibility index (Phi) is 4.08. The fourth-order valence-corrected chi connectivity index (χ4v) is 3.13. The molecule has 114 valence electrons. The second-order valence-corrected chi connectivity index (χ2v) is 6.12. The molecular weight excluding hydrogens is 296 g/mol. The summed E-state index contributed by atoms with van der Waals surface area (Å²) in [4.78, 5) is 13.4. The fraction of sp³-hybridized carbons (Fsp3) is 0.278. The van der Waals surface area contributed by atoms with Crippen molar-refractivity contribution >= 4 is 28.9 Å². The van der Waals surface area contributed by atoms with Gasteiger partial charge in [0.2, 0.25) is 5.91 Å². The Hall–Kier alpha value is -2.00. The van der Waals surface area contributed by atoms with Crippen molar-refractivity contribution in [3.05, 3.63) is 58.6 Å². The summed E-state index contributed by atoms with van der Waals surface area (Å²) in [7, 11) is 0. The topological polar surface area (TPSA) is 32.3 Å². The van der Waals surface area contributed by atoms with Crippen molar-refractivity contribution in [2.24, 2.45) is 0 Å². The van der Waals surface area contributed by atoms with Gasteiger partial charge in [0.15, 0.2) is 0 Å². The molecule has 22 heavy (non-hydrogen) atoms. The number of benzene rings is 2. The molecule has 1 unspecified atom stereocenters. The quantitative estimate of drug-likeness (QED) is 0.909. The molecule has 0 bridgehead atoms. The smallest absolute Gasteiger partial charge is 0.223 e. The lowest BCUT2D eigenvalue weighted by atomic mass is 10.1. The van der Waals surface area contributed by atoms with Crippen LogP contribution in [0, 0.1) is 0 Å². The molecule has 0 saturated carbocycles. The Morgan fingerprint density at radius 1 is 1.27 bits per heavy atom. The van der Waals surface area contributed by atoms with E-state index in [4.69, 9.17) is 11.6 Å². The van der Waals surface area contributed by atoms with E-state index in [2.05, 4.69) is 24.4 Å². The van der Waals surface area contributed by atoms with Gasteiger partial charge in [-0.3, -0.25) is 4.79 Å². The molecule has 1 N–H and O–H groups in total. The van der Waals surface area contributed by atoms with Crippen molar-refractivity contribution in [1.29, 1.82) is 0 Å². The molecule has 0 radical (unpaired) electrons. The average molecular weight is 315 g/mol. The third-order valence-electron chi connectivity index (χ3n) is 4.09. The summed E-state index contributed by atoms with van der Waals surface area (Å²) in [5, 5.41) is 4.24. The molecule has 4 heteroatoms. The Morgan fingerprint density at radius 2 is 2.09 bits per heavy atom. The highest BCUT2D eigenvalue weighted by molar-refractivity contribution is 6.30. The van der Waals surface area contributed by atoms with Gasteiger partial charge in [-0.2, -0.15) is 0 Å². The highest BCUT2D eigenvalue weighted by atomic mass is 35.5. The van der Waals surface area contributed by atoms with Crippen LogP contribution in [0.25, 0.3) is 0 Å². The lowest BCUT2D eigenvalue weighted by Crippen LogP contribution is -2.25. The normalized spacial score (nSPS) is 14.6. The minimum Gasteiger partial charge on any atom is -0.379 e. The summed E-state index contributed by atoms with van der Waals surface area (Å²) in [6, 6.07) is 14.2. The maximum Gasteiger partial charge on any atom is 0.223 e. The summed E-state index contributed by atoms with van der Waals surface area (Å²) in [5.41, 5.74) is 4.47. The molecule has 0 fully saturated rings. The second-order valence-electron chi connectivity index (χ2n) is 5.69. The molecule has 3 nitrogen and oxygen atoms in total. The van der Waals surface area contributed by atoms with E-state index >= 15 is 0 Å². The van der Waals surface area contributed by atoms with Crippen LogP contribution in [0.4, 0.5) is 11.4 Å². The van der Waals surface area contributed by atoms with Crippen LogP contribution in [0.1, 0.15) is 31.0 Å². The van der Waals surface area contributed by atoms with E-state index in [1.165, 1.54) is 5.56 Å². The summed E-state index contributed by atoms with van der Waals surface area (Å²) in [5.74, 6) is 0.103. The van der Waals surface area contributed by atoms with Crippen molar-refractivity contribution in [1.82, 2.24) is 0 Å². The molecular formula is C18H19ClN2O. The number of carbonyl (C=O) groups excluding carboxylic acids is 1. The van der Waals surface area contributed by atoms with Crippen molar-refractivity contribution < 1.29 is 4.79 Å². The van der Waals surface area contributed by atoms with E-state index < -0.39 is 0 Å². The van der Waals surface area contributed by atoms with Gasteiger partial charge in [0, 0.05) is 35.9 Å². The van der Waals surface area contributed by atoms with Crippen LogP contribution in [-0.4, -0.2) is 12.5 Å². The number of amides is 1. The number of anilines is 2. The molecule has 1 amide bonds. The maximum atomic E-state index is 11.6. The van der Waals surface area contributed by atoms with Gasteiger partial charge in [-0.25, -0.2) is 0 Å². The van der Waals surface area contributed by atoms with Crippen LogP contribution in [0.3, 0.4) is 0 Å². The molecule has 3 rings (SSSR count). The molecule has 2 aromatic rings. The van der Waals surface area contributed by atoms with Gasteiger partial charge < -0.3 is 10.2 Å². The highest BCUT2D eigenvalue weighted by Crippen LogP contribution is 2.31. The zero-order valence-corrected chi connectivity index (χ0v) is 13.5. The standard InChI is InChI=1S/C18H19ClN2O/c1-12(14-4-3-5-16(19)10-14)20-17-6-7-18-15(11-17)8-9-21(18)13(2)22/h3-7,10-12,20H,8-9H2,1-2H3. The van der Waals surface area contributed by atoms with Crippen molar-refractivity contribution in [3.63, 3.8) is 0 Å². The van der Waals surface area contributed by atoms with Gasteiger partial charge in [0.1, 0.15) is 0 Å². The van der Waals surface area contributed by atoms with Crippen LogP contribution in [0.2, 0.25) is 5.02 Å². The van der Waals surface area contributed by atoms with Crippen molar-refractivity contribution in [3.8, 4) is 0 Å². The number of nitrogens with zero attached hydrogens (tertiary/aromatic N) is 1. The van der Waals surface area contributed by atoms with Crippen LogP contribution in [-0.2, 0) is 11.2 Å². The van der Waals surface area contributed by atoms with Gasteiger partial charge in [0.05, 0.1) is 0 Å². The molecule has 0 aromatic heterocycles. The minimum absolute atomic E-state index is 0.103. The number of fused-ring (bicyclic) bond motifs is 1. The van der Waals surface area contributed by atoms with Gasteiger partial charge in [0.25, 0.3) is 0 Å². The van der Waals surface area contributed by atoms with Gasteiger partial charge in [-0.1, -0.05) is 23.7 Å². The Morgan fingerprint density at radius 3 is 2.82 bits per heavy atom. The first-order chi connectivity index (χ1) is 10.5. The first-order valence-electron chi connectivity index (χ1n) is 7.47. The predicted octanol–water partition coefficient (Wildman–Crippen LogP) is 4.42. The van der Waals surface area contributed by atoms with Gasteiger partial charge >= 0.3 is 0 Å². The number of nitrogens with one attached hydrogen (secondary N) is 1. The summed E-state index contributed by atoms with van der Waals surface area (Å²) in [6.07, 6.45) is 0.913. The van der Waals surface area contributed by atoms with Crippen LogP contribution >= 0.6 is 11.6 Å². The largest absolute Gasteiger partial charge is 0.379 e. The summed E-state index contributed by atoms with van der Waals surface area (Å²) >= 11 is 6.05. The first kappa shape index (κ1) is 14.9. The average Bonchev–Trinajstić information content (AvgIpc) is 2.90. The third kappa shape index (κ3) is 2.95. The summed E-state index contributed by atoms with van der Waals surface area (Å²) in [6.45, 7) is 4.50. The van der Waals surface area contributed by atoms with Gasteiger partial charge in [-0.15, -0.1) is 0 Å². The number of rotatable bonds is 3. The lowest BCUT2D eigenvalue weighted by molar-refractivity contribution is -0.116. The molecule has 1 atom stereocenters. The Bertz CT molecular complexity index is 714. The number of carbonyl (C=O) groups is 1. The van der Waals surface area contributed by atoms with E-state index in [1.807, 2.05) is 35.2 Å². The monoisotopic (exact) mass is 314 g/mol. The molecule has 0 spiro atoms. The van der Waals surface area contributed by atoms with Crippen LogP contribution in [0.5, 0.6) is 0 Å². The molecule has 1 aliphatic heterocycles. The second kappa shape index (κ2) is 6.01. The predicted molar refractivity (Wildman–Crippen MR) is 91.7 cm³/mol. The van der Waals surface area contributed by atoms with Crippen LogP contribution < -0.4 is 10.2 Å². The maximum absolute atomic E-state index is 11.6. The Labute approximate surface area is 135 Å². The Balaban J connectivity index is 1.78. The van der Waals surface area contributed by atoms with E-state index in [0.29, 0.717) is 0 Å². The zero-order chi connectivity index (χ0) is 15.7. The lowest BCUT2D eigenvalue weighted by Gasteiger charge is -2.18. The minimum atomic E-state index is 0.103. The molecule has 0 aliphatic carbocycles. The first-order valence-corrected chi connectivity index (χ1v) is 7.85. The number of hydrogen-bond acceptors (Lipinski definition) is 2. The highest BCUT2D eigenvalue weighted by Gasteiger charge is 2.22. The number of hydrogen-bond donors (Lipinski definition) is 1. The summed E-state index contributed by atoms with van der Waals surface area (Å²) < 4.78 is 0. The van der Waals surface area contributed by atoms with Gasteiger partial charge in [-0.05, 0) is 54.8 Å². The molecule has 1 aliphatic rings. The SMILES string of the molecule is CC(=O)N1CCc2cc(NC(C)c3cccc(Cl)c3)ccc21. The van der Waals surface area contributed by atoms with Crippen LogP contribution in [0.15, 0.2) is 42.5 Å². The zero-order valence-electron chi connectivity index (χ0n) is 12.8. The number of halogens is 1. The van der Waals surface area contributed by atoms with Crippen molar-refractivity contribution in [2.75, 3.05) is 16.8 Å². The van der Waals surface area contributed by atoms with E-state index in [-0.39, 0.29) is 11.9 Å². The van der Waals surface area contributed by atoms with E-state index in [0.717, 1.165) is 34.9 Å². The van der Waals surface area contributed by atoms with E-state index in [9.17, 15) is 4.79 Å².